The standard InChI is InChI=1S/C35H32F6N4O2S/c36-23-14-20(15-24(37)17-23)13-22(16-25(46)19-45-33-30(32(43-45)34(38)39)28-18-29(28)35(33,40)41)31-27(5-4-10-42-31)21-6-8-26(9-7-21)48(47)44-11-2-1-3-12-44/h4-10,14-15,17,22,28-29,34H,1-3,11-13,16,18-19H2/t22-,28?,29?,48?/m1/s1. The highest BCUT2D eigenvalue weighted by atomic mass is 32.2. The minimum Gasteiger partial charge on any atom is -0.298 e. The van der Waals surface area contributed by atoms with E-state index in [1.54, 1.807) is 36.4 Å². The highest BCUT2D eigenvalue weighted by Gasteiger charge is 2.67. The van der Waals surface area contributed by atoms with Crippen LogP contribution in [0.2, 0.25) is 0 Å². The molecular weight excluding hydrogens is 654 g/mol. The SMILES string of the molecule is O=C(C[C@@H](Cc1cc(F)cc(F)c1)c1ncccc1-c1ccc(S(=O)N2CCCCC2)cc1)Cn1nc(C(F)F)c2c1C(F)(F)C1CC21. The second-order valence-electron chi connectivity index (χ2n) is 12.8. The van der Waals surface area contributed by atoms with Crippen molar-refractivity contribution in [3.05, 3.63) is 101 Å². The van der Waals surface area contributed by atoms with Crippen LogP contribution in [0.1, 0.15) is 78.6 Å². The van der Waals surface area contributed by atoms with E-state index >= 15 is 8.78 Å². The molecule has 4 aromatic rings. The third kappa shape index (κ3) is 6.22. The maximum Gasteiger partial charge on any atom is 0.293 e. The quantitative estimate of drug-likeness (QED) is 0.151. The summed E-state index contributed by atoms with van der Waals surface area (Å²) in [5.41, 5.74) is 0.491. The number of aromatic nitrogens is 3. The van der Waals surface area contributed by atoms with Crippen molar-refractivity contribution in [2.45, 2.75) is 74.1 Å². The minimum atomic E-state index is -3.38. The lowest BCUT2D eigenvalue weighted by molar-refractivity contribution is -0.120. The first-order valence-electron chi connectivity index (χ1n) is 16.0. The first-order valence-corrected chi connectivity index (χ1v) is 17.1. The minimum absolute atomic E-state index is 0.0265. The Morgan fingerprint density at radius 1 is 0.979 bits per heavy atom. The first kappa shape index (κ1) is 32.7. The van der Waals surface area contributed by atoms with E-state index in [2.05, 4.69) is 10.1 Å². The molecule has 1 saturated heterocycles. The number of fused-ring (bicyclic) bond motifs is 3. The van der Waals surface area contributed by atoms with Gasteiger partial charge in [-0.1, -0.05) is 24.6 Å². The topological polar surface area (TPSA) is 68.1 Å². The number of ketones is 1. The maximum absolute atomic E-state index is 15.2. The van der Waals surface area contributed by atoms with Gasteiger partial charge < -0.3 is 0 Å². The predicted molar refractivity (Wildman–Crippen MR) is 166 cm³/mol. The molecule has 7 rings (SSSR count). The molecule has 0 radical (unpaired) electrons. The summed E-state index contributed by atoms with van der Waals surface area (Å²) >= 11 is 0. The van der Waals surface area contributed by atoms with Crippen LogP contribution in [0.25, 0.3) is 11.1 Å². The van der Waals surface area contributed by atoms with E-state index in [9.17, 15) is 26.6 Å². The van der Waals surface area contributed by atoms with Crippen LogP contribution >= 0.6 is 0 Å². The van der Waals surface area contributed by atoms with Gasteiger partial charge in [-0.2, -0.15) is 13.9 Å². The van der Waals surface area contributed by atoms with Gasteiger partial charge >= 0.3 is 0 Å². The zero-order chi connectivity index (χ0) is 33.7. The van der Waals surface area contributed by atoms with Crippen molar-refractivity contribution < 1.29 is 35.3 Å². The van der Waals surface area contributed by atoms with Gasteiger partial charge in [0.05, 0.1) is 10.6 Å². The van der Waals surface area contributed by atoms with Crippen molar-refractivity contribution in [2.24, 2.45) is 5.92 Å². The fourth-order valence-electron chi connectivity index (χ4n) is 7.28. The number of Topliss-reactive ketones (excluding diaryl/α,β-unsaturated/α-hetero) is 1. The Hall–Kier alpha value is -3.84. The van der Waals surface area contributed by atoms with Crippen LogP contribution in [0.5, 0.6) is 0 Å². The van der Waals surface area contributed by atoms with Crippen LogP contribution in [0.15, 0.2) is 65.7 Å². The average molecular weight is 687 g/mol. The number of carbonyl (C=O) groups excluding carboxylic acids is 1. The molecule has 0 N–H and O–H groups in total. The Morgan fingerprint density at radius 3 is 2.38 bits per heavy atom. The maximum atomic E-state index is 15.2. The number of nitrogens with zero attached hydrogens (tertiary/aromatic N) is 4. The number of benzene rings is 2. The molecule has 2 aromatic heterocycles. The molecule has 13 heteroatoms. The molecule has 0 bridgehead atoms. The lowest BCUT2D eigenvalue weighted by Gasteiger charge is -2.25. The molecule has 0 amide bonds. The number of hydrogen-bond donors (Lipinski definition) is 0. The second kappa shape index (κ2) is 12.9. The molecule has 48 heavy (non-hydrogen) atoms. The fourth-order valence-corrected chi connectivity index (χ4v) is 8.54. The smallest absolute Gasteiger partial charge is 0.293 e. The van der Waals surface area contributed by atoms with E-state index in [-0.39, 0.29) is 30.4 Å². The average Bonchev–Trinajstić information content (AvgIpc) is 3.72. The molecule has 2 aliphatic carbocycles. The van der Waals surface area contributed by atoms with Gasteiger partial charge in [0, 0.05) is 54.7 Å². The van der Waals surface area contributed by atoms with Crippen molar-refractivity contribution in [1.82, 2.24) is 19.1 Å². The van der Waals surface area contributed by atoms with Gasteiger partial charge in [-0.25, -0.2) is 26.1 Å². The van der Waals surface area contributed by atoms with Gasteiger partial charge in [-0.15, -0.1) is 0 Å². The van der Waals surface area contributed by atoms with E-state index in [4.69, 9.17) is 0 Å². The predicted octanol–water partition coefficient (Wildman–Crippen LogP) is 7.86. The molecule has 2 fully saturated rings. The van der Waals surface area contributed by atoms with Crippen molar-refractivity contribution >= 4 is 16.8 Å². The first-order chi connectivity index (χ1) is 23.0. The second-order valence-corrected chi connectivity index (χ2v) is 14.3. The highest BCUT2D eigenvalue weighted by molar-refractivity contribution is 7.82. The van der Waals surface area contributed by atoms with Gasteiger partial charge in [0.15, 0.2) is 5.78 Å². The summed E-state index contributed by atoms with van der Waals surface area (Å²) < 4.78 is 102. The molecule has 252 valence electrons. The van der Waals surface area contributed by atoms with Crippen molar-refractivity contribution in [3.63, 3.8) is 0 Å². The summed E-state index contributed by atoms with van der Waals surface area (Å²) in [5.74, 6) is -8.11. The summed E-state index contributed by atoms with van der Waals surface area (Å²) in [6.07, 6.45) is 1.30. The number of piperidine rings is 1. The summed E-state index contributed by atoms with van der Waals surface area (Å²) in [7, 11) is -1.32. The molecule has 2 aromatic carbocycles. The van der Waals surface area contributed by atoms with Crippen LogP contribution < -0.4 is 0 Å². The summed E-state index contributed by atoms with van der Waals surface area (Å²) in [6.45, 7) is 0.833. The Kier molecular flexibility index (Phi) is 8.78. The molecule has 3 heterocycles. The summed E-state index contributed by atoms with van der Waals surface area (Å²) in [6, 6.07) is 13.6. The molecular formula is C35H32F6N4O2S. The van der Waals surface area contributed by atoms with Gasteiger partial charge in [-0.05, 0) is 73.1 Å². The van der Waals surface area contributed by atoms with Crippen molar-refractivity contribution in [1.29, 1.82) is 0 Å². The Bertz CT molecular complexity index is 1860. The largest absolute Gasteiger partial charge is 0.298 e. The third-order valence-electron chi connectivity index (χ3n) is 9.51. The summed E-state index contributed by atoms with van der Waals surface area (Å²) in [5, 5.41) is 3.78. The normalized spacial score (nSPS) is 21.1. The van der Waals surface area contributed by atoms with Crippen molar-refractivity contribution in [2.75, 3.05) is 13.1 Å². The zero-order valence-corrected chi connectivity index (χ0v) is 26.5. The number of alkyl halides is 4. The highest BCUT2D eigenvalue weighted by Crippen LogP contribution is 2.68. The Labute approximate surface area is 275 Å². The van der Waals surface area contributed by atoms with Crippen LogP contribution in [-0.4, -0.2) is 42.2 Å². The number of hydrogen-bond acceptors (Lipinski definition) is 4. The number of carbonyl (C=O) groups is 1. The van der Waals surface area contributed by atoms with Crippen LogP contribution in [-0.2, 0) is 34.7 Å². The lowest BCUT2D eigenvalue weighted by atomic mass is 9.87. The van der Waals surface area contributed by atoms with Gasteiger partial charge in [0.25, 0.3) is 12.3 Å². The van der Waals surface area contributed by atoms with Gasteiger partial charge in [-0.3, -0.25) is 14.5 Å². The monoisotopic (exact) mass is 686 g/mol. The Balaban J connectivity index is 1.19. The Morgan fingerprint density at radius 2 is 1.69 bits per heavy atom. The van der Waals surface area contributed by atoms with Crippen LogP contribution in [0.4, 0.5) is 26.3 Å². The molecule has 4 atom stereocenters. The third-order valence-corrected chi connectivity index (χ3v) is 11.0. The van der Waals surface area contributed by atoms with E-state index < -0.39 is 76.4 Å². The van der Waals surface area contributed by atoms with Gasteiger partial charge in [0.1, 0.15) is 40.6 Å². The number of halogens is 6. The fraction of sp³-hybridized carbons (Fsp3) is 0.400. The van der Waals surface area contributed by atoms with E-state index in [0.717, 1.165) is 50.6 Å². The number of pyridine rings is 1. The molecule has 3 unspecified atom stereocenters. The zero-order valence-electron chi connectivity index (χ0n) is 25.7. The molecule has 6 nitrogen and oxygen atoms in total. The van der Waals surface area contributed by atoms with Gasteiger partial charge in [0.2, 0.25) is 0 Å². The molecule has 0 spiro atoms. The van der Waals surface area contributed by atoms with E-state index in [1.807, 2.05) is 4.31 Å². The van der Waals surface area contributed by atoms with Crippen molar-refractivity contribution in [3.8, 4) is 11.1 Å². The molecule has 3 aliphatic rings. The molecule has 1 aliphatic heterocycles. The van der Waals surface area contributed by atoms with E-state index in [0.29, 0.717) is 26.4 Å². The molecule has 1 saturated carbocycles. The van der Waals surface area contributed by atoms with Crippen LogP contribution in [0, 0.1) is 17.6 Å². The summed E-state index contributed by atoms with van der Waals surface area (Å²) in [4.78, 5) is 18.8. The van der Waals surface area contributed by atoms with E-state index in [1.165, 1.54) is 6.20 Å². The number of rotatable bonds is 11. The lowest BCUT2D eigenvalue weighted by Crippen LogP contribution is -2.31. The van der Waals surface area contributed by atoms with Crippen LogP contribution in [0.3, 0.4) is 0 Å².